The maximum Gasteiger partial charge on any atom is 0.197 e. The number of sulfone groups is 1. The molecule has 0 amide bonds. The van der Waals surface area contributed by atoms with Crippen LogP contribution in [0.4, 0.5) is 0 Å². The Balaban J connectivity index is 2.45. The van der Waals surface area contributed by atoms with E-state index in [1.807, 2.05) is 6.07 Å². The van der Waals surface area contributed by atoms with E-state index in [2.05, 4.69) is 0 Å². The van der Waals surface area contributed by atoms with Gasteiger partial charge in [0.15, 0.2) is 14.6 Å². The lowest BCUT2D eigenvalue weighted by Crippen LogP contribution is -2.51. The molecule has 16 heavy (non-hydrogen) atoms. The molecule has 1 aromatic rings. The number of nitrogens with zero attached hydrogens (tertiary/aromatic N) is 1. The normalized spacial score (nSPS) is 29.1. The summed E-state index contributed by atoms with van der Waals surface area (Å²) >= 11 is 0. The fraction of sp³-hybridized carbons (Fsp3) is 0.364. The second kappa shape index (κ2) is 3.58. The summed E-state index contributed by atoms with van der Waals surface area (Å²) in [6, 6.07) is 9.73. The van der Waals surface area contributed by atoms with Crippen molar-refractivity contribution in [2.24, 2.45) is 0 Å². The van der Waals surface area contributed by atoms with Crippen LogP contribution in [-0.4, -0.2) is 24.4 Å². The molecule has 0 atom stereocenters. The third-order valence-electron chi connectivity index (χ3n) is 2.90. The zero-order valence-corrected chi connectivity index (χ0v) is 9.31. The van der Waals surface area contributed by atoms with Gasteiger partial charge in [0, 0.05) is 12.8 Å². The highest BCUT2D eigenvalue weighted by Gasteiger charge is 2.54. The topological polar surface area (TPSA) is 78.2 Å². The van der Waals surface area contributed by atoms with Gasteiger partial charge in [0.2, 0.25) is 0 Å². The lowest BCUT2D eigenvalue weighted by atomic mass is 9.82. The Bertz CT molecular complexity index is 524. The van der Waals surface area contributed by atoms with Crippen LogP contribution in [0.15, 0.2) is 35.2 Å². The van der Waals surface area contributed by atoms with E-state index in [9.17, 15) is 13.5 Å². The lowest BCUT2D eigenvalue weighted by Gasteiger charge is -2.38. The number of nitriles is 1. The van der Waals surface area contributed by atoms with Crippen LogP contribution in [0.25, 0.3) is 0 Å². The smallest absolute Gasteiger partial charge is 0.197 e. The lowest BCUT2D eigenvalue weighted by molar-refractivity contribution is 0.0764. The molecule has 1 N–H and O–H groups in total. The molecule has 0 bridgehead atoms. The van der Waals surface area contributed by atoms with Crippen LogP contribution in [0.1, 0.15) is 12.8 Å². The van der Waals surface area contributed by atoms with Gasteiger partial charge in [0.25, 0.3) is 0 Å². The first-order valence-electron chi connectivity index (χ1n) is 4.91. The van der Waals surface area contributed by atoms with Gasteiger partial charge < -0.3 is 5.11 Å². The van der Waals surface area contributed by atoms with Crippen molar-refractivity contribution in [1.82, 2.24) is 0 Å². The highest BCUT2D eigenvalue weighted by Crippen LogP contribution is 2.42. The standard InChI is InChI=1S/C11H11NO3S/c12-8-11(6-9(13)7-11)16(14,15)10-4-2-1-3-5-10/h1-5,9,13H,6-7H2. The van der Waals surface area contributed by atoms with Crippen LogP contribution in [-0.2, 0) is 9.84 Å². The van der Waals surface area contributed by atoms with E-state index in [0.29, 0.717) is 0 Å². The zero-order valence-electron chi connectivity index (χ0n) is 8.50. The highest BCUT2D eigenvalue weighted by molar-refractivity contribution is 7.93. The molecule has 1 aromatic carbocycles. The van der Waals surface area contributed by atoms with Gasteiger partial charge in [-0.3, -0.25) is 0 Å². The highest BCUT2D eigenvalue weighted by atomic mass is 32.2. The fourth-order valence-electron chi connectivity index (χ4n) is 1.90. The SMILES string of the molecule is N#CC1(S(=O)(=O)c2ccccc2)CC(O)C1. The van der Waals surface area contributed by atoms with Crippen molar-refractivity contribution in [3.8, 4) is 6.07 Å². The van der Waals surface area contributed by atoms with E-state index >= 15 is 0 Å². The van der Waals surface area contributed by atoms with Gasteiger partial charge in [0.05, 0.1) is 17.1 Å². The van der Waals surface area contributed by atoms with E-state index < -0.39 is 20.7 Å². The molecule has 0 saturated heterocycles. The molecule has 1 aliphatic rings. The predicted molar refractivity (Wildman–Crippen MR) is 57.2 cm³/mol. The van der Waals surface area contributed by atoms with Gasteiger partial charge in [-0.2, -0.15) is 5.26 Å². The summed E-state index contributed by atoms with van der Waals surface area (Å²) in [5.41, 5.74) is 0. The third-order valence-corrected chi connectivity index (χ3v) is 5.25. The van der Waals surface area contributed by atoms with Gasteiger partial charge >= 0.3 is 0 Å². The van der Waals surface area contributed by atoms with E-state index in [0.717, 1.165) is 0 Å². The van der Waals surface area contributed by atoms with E-state index in [1.54, 1.807) is 18.2 Å². The Morgan fingerprint density at radius 2 is 1.88 bits per heavy atom. The first kappa shape index (κ1) is 11.1. The Hall–Kier alpha value is -1.38. The number of rotatable bonds is 2. The van der Waals surface area contributed by atoms with Crippen LogP contribution in [0.3, 0.4) is 0 Å². The van der Waals surface area contributed by atoms with Crippen LogP contribution in [0.2, 0.25) is 0 Å². The van der Waals surface area contributed by atoms with Crippen molar-refractivity contribution in [3.05, 3.63) is 30.3 Å². The predicted octanol–water partition coefficient (Wildman–Crippen LogP) is 0.877. The molecule has 1 aliphatic carbocycles. The zero-order chi connectivity index (χ0) is 11.8. The first-order chi connectivity index (χ1) is 7.52. The number of hydrogen-bond donors (Lipinski definition) is 1. The van der Waals surface area contributed by atoms with Crippen LogP contribution < -0.4 is 0 Å². The van der Waals surface area contributed by atoms with E-state index in [1.165, 1.54) is 12.1 Å². The Morgan fingerprint density at radius 1 is 1.31 bits per heavy atom. The molecule has 0 radical (unpaired) electrons. The van der Waals surface area contributed by atoms with Gasteiger partial charge in [-0.05, 0) is 12.1 Å². The summed E-state index contributed by atoms with van der Waals surface area (Å²) in [4.78, 5) is 0.142. The monoisotopic (exact) mass is 237 g/mol. The van der Waals surface area contributed by atoms with Crippen molar-refractivity contribution < 1.29 is 13.5 Å². The number of hydrogen-bond acceptors (Lipinski definition) is 4. The molecule has 0 unspecified atom stereocenters. The van der Waals surface area contributed by atoms with Gasteiger partial charge in [-0.1, -0.05) is 18.2 Å². The molecule has 0 spiro atoms. The average Bonchev–Trinajstić information content (AvgIpc) is 2.25. The summed E-state index contributed by atoms with van der Waals surface area (Å²) < 4.78 is 22.9. The maximum atomic E-state index is 12.2. The fourth-order valence-corrected chi connectivity index (χ4v) is 3.81. The molecule has 84 valence electrons. The summed E-state index contributed by atoms with van der Waals surface area (Å²) in [6.07, 6.45) is -0.681. The Morgan fingerprint density at radius 3 is 2.31 bits per heavy atom. The minimum atomic E-state index is -3.67. The first-order valence-corrected chi connectivity index (χ1v) is 6.39. The minimum Gasteiger partial charge on any atom is -0.393 e. The molecular weight excluding hydrogens is 226 g/mol. The van der Waals surface area contributed by atoms with Crippen LogP contribution in [0.5, 0.6) is 0 Å². The number of aliphatic hydroxyl groups excluding tert-OH is 1. The van der Waals surface area contributed by atoms with Crippen molar-refractivity contribution in [2.45, 2.75) is 28.6 Å². The number of aliphatic hydroxyl groups is 1. The van der Waals surface area contributed by atoms with Crippen LogP contribution in [0, 0.1) is 11.3 Å². The molecule has 0 aromatic heterocycles. The second-order valence-corrected chi connectivity index (χ2v) is 6.24. The molecule has 1 saturated carbocycles. The summed E-state index contributed by atoms with van der Waals surface area (Å²) in [7, 11) is -3.67. The summed E-state index contributed by atoms with van der Waals surface area (Å²) in [5.74, 6) is 0. The van der Waals surface area contributed by atoms with Crippen molar-refractivity contribution in [2.75, 3.05) is 0 Å². The minimum absolute atomic E-state index is 0.000722. The number of benzene rings is 1. The molecule has 4 nitrogen and oxygen atoms in total. The van der Waals surface area contributed by atoms with Gasteiger partial charge in [-0.25, -0.2) is 8.42 Å². The molecule has 2 rings (SSSR count). The molecule has 1 fully saturated rings. The quantitative estimate of drug-likeness (QED) is 0.828. The van der Waals surface area contributed by atoms with Crippen molar-refractivity contribution in [3.63, 3.8) is 0 Å². The van der Waals surface area contributed by atoms with Gasteiger partial charge in [0.1, 0.15) is 0 Å². The molecule has 0 heterocycles. The van der Waals surface area contributed by atoms with E-state index in [4.69, 9.17) is 5.26 Å². The Labute approximate surface area is 94.1 Å². The van der Waals surface area contributed by atoms with Crippen molar-refractivity contribution in [1.29, 1.82) is 5.26 Å². The van der Waals surface area contributed by atoms with Crippen molar-refractivity contribution >= 4 is 9.84 Å². The average molecular weight is 237 g/mol. The molecule has 0 aliphatic heterocycles. The second-order valence-electron chi connectivity index (χ2n) is 3.98. The maximum absolute atomic E-state index is 12.2. The summed E-state index contributed by atoms with van der Waals surface area (Å²) in [5, 5.41) is 18.2. The largest absolute Gasteiger partial charge is 0.393 e. The third kappa shape index (κ3) is 1.42. The Kier molecular flexibility index (Phi) is 2.49. The van der Waals surface area contributed by atoms with E-state index in [-0.39, 0.29) is 17.7 Å². The summed E-state index contributed by atoms with van der Waals surface area (Å²) in [6.45, 7) is 0. The molecular formula is C11H11NO3S. The van der Waals surface area contributed by atoms with Crippen LogP contribution >= 0.6 is 0 Å². The molecule has 5 heteroatoms. The van der Waals surface area contributed by atoms with Gasteiger partial charge in [-0.15, -0.1) is 0 Å².